The molecule has 5 heteroatoms. The molecule has 1 aromatic rings. The lowest BCUT2D eigenvalue weighted by atomic mass is 9.95. The lowest BCUT2D eigenvalue weighted by molar-refractivity contribution is -0.121. The number of benzene rings is 1. The number of carbonyl (C=O) groups is 1. The number of hydrogen-bond donors (Lipinski definition) is 0. The second-order valence-corrected chi connectivity index (χ2v) is 7.01. The molecule has 0 aromatic heterocycles. The Bertz CT molecular complexity index is 628. The maximum absolute atomic E-state index is 12.4. The van der Waals surface area contributed by atoms with Crippen molar-refractivity contribution in [2.24, 2.45) is 0 Å². The van der Waals surface area contributed by atoms with Crippen molar-refractivity contribution in [3.63, 3.8) is 0 Å². The van der Waals surface area contributed by atoms with Crippen LogP contribution in [-0.4, -0.2) is 20.8 Å². The minimum absolute atomic E-state index is 0.197. The SMILES string of the molecule is CCCC(=O)COS(=O)(=O)c1c(C)c(C)c(C)c(C)c1C. The third-order valence-corrected chi connectivity index (χ3v) is 5.63. The minimum Gasteiger partial charge on any atom is -0.297 e. The molecule has 0 saturated carbocycles. The van der Waals surface area contributed by atoms with Crippen molar-refractivity contribution in [2.45, 2.75) is 59.3 Å². The van der Waals surface area contributed by atoms with Crippen molar-refractivity contribution in [3.05, 3.63) is 27.8 Å². The maximum atomic E-state index is 12.4. The number of carbonyl (C=O) groups excluding carboxylic acids is 1. The molecule has 1 aromatic carbocycles. The normalized spacial score (nSPS) is 11.7. The number of Topliss-reactive ketones (excluding diaryl/α,β-unsaturated/α-hetero) is 1. The Kier molecular flexibility index (Phi) is 5.70. The van der Waals surface area contributed by atoms with Crippen molar-refractivity contribution in [1.82, 2.24) is 0 Å². The maximum Gasteiger partial charge on any atom is 0.297 e. The van der Waals surface area contributed by atoms with Gasteiger partial charge in [0.25, 0.3) is 10.1 Å². The highest BCUT2D eigenvalue weighted by Gasteiger charge is 2.25. The van der Waals surface area contributed by atoms with Crippen LogP contribution in [0.1, 0.15) is 47.6 Å². The van der Waals surface area contributed by atoms with Gasteiger partial charge in [-0.3, -0.25) is 8.98 Å². The van der Waals surface area contributed by atoms with E-state index >= 15 is 0 Å². The Hall–Kier alpha value is -1.20. The summed E-state index contributed by atoms with van der Waals surface area (Å²) < 4.78 is 29.8. The zero-order chi connectivity index (χ0) is 16.4. The highest BCUT2D eigenvalue weighted by Crippen LogP contribution is 2.30. The summed E-state index contributed by atoms with van der Waals surface area (Å²) >= 11 is 0. The molecule has 118 valence electrons. The van der Waals surface area contributed by atoms with Crippen molar-refractivity contribution >= 4 is 15.9 Å². The van der Waals surface area contributed by atoms with E-state index in [1.54, 1.807) is 13.8 Å². The van der Waals surface area contributed by atoms with E-state index in [-0.39, 0.29) is 17.3 Å². The predicted octanol–water partition coefficient (Wildman–Crippen LogP) is 3.30. The molecule has 0 fully saturated rings. The van der Waals surface area contributed by atoms with E-state index in [0.29, 0.717) is 24.0 Å². The Morgan fingerprint density at radius 2 is 1.33 bits per heavy atom. The topological polar surface area (TPSA) is 60.4 Å². The predicted molar refractivity (Wildman–Crippen MR) is 83.2 cm³/mol. The summed E-state index contributed by atoms with van der Waals surface area (Å²) in [4.78, 5) is 11.7. The number of hydrogen-bond acceptors (Lipinski definition) is 4. The van der Waals surface area contributed by atoms with Gasteiger partial charge in [-0.25, -0.2) is 0 Å². The lowest BCUT2D eigenvalue weighted by Crippen LogP contribution is -2.17. The van der Waals surface area contributed by atoms with Crippen molar-refractivity contribution in [2.75, 3.05) is 6.61 Å². The Balaban J connectivity index is 3.24. The van der Waals surface area contributed by atoms with E-state index in [0.717, 1.165) is 16.7 Å². The van der Waals surface area contributed by atoms with Gasteiger partial charge in [0, 0.05) is 6.42 Å². The van der Waals surface area contributed by atoms with E-state index < -0.39 is 10.1 Å². The molecular weight excluding hydrogens is 288 g/mol. The second kappa shape index (κ2) is 6.71. The summed E-state index contributed by atoms with van der Waals surface area (Å²) in [6, 6.07) is 0. The Morgan fingerprint density at radius 3 is 1.76 bits per heavy atom. The molecule has 0 aliphatic heterocycles. The summed E-state index contributed by atoms with van der Waals surface area (Å²) in [6.07, 6.45) is 1.02. The first kappa shape index (κ1) is 17.9. The van der Waals surface area contributed by atoms with Crippen LogP contribution in [0.5, 0.6) is 0 Å². The number of ketones is 1. The minimum atomic E-state index is -3.92. The first-order chi connectivity index (χ1) is 9.63. The number of rotatable bonds is 6. The molecule has 0 unspecified atom stereocenters. The molecule has 0 spiro atoms. The molecule has 0 bridgehead atoms. The zero-order valence-electron chi connectivity index (χ0n) is 13.7. The van der Waals surface area contributed by atoms with E-state index in [1.807, 2.05) is 27.7 Å². The van der Waals surface area contributed by atoms with Crippen LogP contribution in [0.4, 0.5) is 0 Å². The Labute approximate surface area is 127 Å². The smallest absolute Gasteiger partial charge is 0.297 e. The molecule has 1 rings (SSSR count). The molecule has 0 saturated heterocycles. The van der Waals surface area contributed by atoms with Crippen LogP contribution in [-0.2, 0) is 19.1 Å². The Morgan fingerprint density at radius 1 is 0.905 bits per heavy atom. The van der Waals surface area contributed by atoms with Crippen LogP contribution < -0.4 is 0 Å². The molecule has 0 N–H and O–H groups in total. The van der Waals surface area contributed by atoms with Gasteiger partial charge in [0.2, 0.25) is 0 Å². The van der Waals surface area contributed by atoms with E-state index in [1.165, 1.54) is 0 Å². The highest BCUT2D eigenvalue weighted by molar-refractivity contribution is 7.86. The van der Waals surface area contributed by atoms with Crippen LogP contribution in [0.2, 0.25) is 0 Å². The van der Waals surface area contributed by atoms with Gasteiger partial charge in [0.15, 0.2) is 5.78 Å². The third-order valence-electron chi connectivity index (χ3n) is 4.09. The lowest BCUT2D eigenvalue weighted by Gasteiger charge is -2.18. The summed E-state index contributed by atoms with van der Waals surface area (Å²) in [5.74, 6) is -0.197. The van der Waals surface area contributed by atoms with Gasteiger partial charge in [-0.2, -0.15) is 8.42 Å². The second-order valence-electron chi connectivity index (χ2n) is 5.46. The molecule has 0 radical (unpaired) electrons. The van der Waals surface area contributed by atoms with E-state index in [4.69, 9.17) is 4.18 Å². The average molecular weight is 312 g/mol. The third kappa shape index (κ3) is 3.71. The van der Waals surface area contributed by atoms with Crippen molar-refractivity contribution in [1.29, 1.82) is 0 Å². The molecule has 0 aliphatic rings. The van der Waals surface area contributed by atoms with Crippen LogP contribution in [0.25, 0.3) is 0 Å². The van der Waals surface area contributed by atoms with Crippen molar-refractivity contribution < 1.29 is 17.4 Å². The van der Waals surface area contributed by atoms with E-state index in [2.05, 4.69) is 0 Å². The molecule has 0 atom stereocenters. The highest BCUT2D eigenvalue weighted by atomic mass is 32.2. The first-order valence-corrected chi connectivity index (χ1v) is 8.52. The summed E-state index contributed by atoms with van der Waals surface area (Å²) in [7, 11) is -3.92. The largest absolute Gasteiger partial charge is 0.297 e. The standard InChI is InChI=1S/C16H24O4S/c1-7-8-15(17)9-20-21(18,19)16-13(5)11(3)10(2)12(4)14(16)6/h7-9H2,1-6H3. The first-order valence-electron chi connectivity index (χ1n) is 7.11. The fraction of sp³-hybridized carbons (Fsp3) is 0.562. The summed E-state index contributed by atoms with van der Waals surface area (Å²) in [5, 5.41) is 0. The van der Waals surface area contributed by atoms with Gasteiger partial charge in [0.1, 0.15) is 11.5 Å². The fourth-order valence-corrected chi connectivity index (χ4v) is 3.85. The van der Waals surface area contributed by atoms with Crippen LogP contribution in [0.3, 0.4) is 0 Å². The average Bonchev–Trinajstić information content (AvgIpc) is 2.41. The van der Waals surface area contributed by atoms with Gasteiger partial charge < -0.3 is 0 Å². The monoisotopic (exact) mass is 312 g/mol. The zero-order valence-corrected chi connectivity index (χ0v) is 14.5. The molecule has 4 nitrogen and oxygen atoms in total. The van der Waals surface area contributed by atoms with Gasteiger partial charge in [-0.1, -0.05) is 6.92 Å². The molecule has 0 aliphatic carbocycles. The van der Waals surface area contributed by atoms with Gasteiger partial charge >= 0.3 is 0 Å². The molecular formula is C16H24O4S. The summed E-state index contributed by atoms with van der Waals surface area (Å²) in [5.41, 5.74) is 4.36. The fourth-order valence-electron chi connectivity index (χ4n) is 2.39. The van der Waals surface area contributed by atoms with Gasteiger partial charge in [-0.15, -0.1) is 0 Å². The van der Waals surface area contributed by atoms with Crippen molar-refractivity contribution in [3.8, 4) is 0 Å². The molecule has 0 heterocycles. The van der Waals surface area contributed by atoms with E-state index in [9.17, 15) is 13.2 Å². The molecule has 21 heavy (non-hydrogen) atoms. The molecule has 0 amide bonds. The quantitative estimate of drug-likeness (QED) is 0.756. The van der Waals surface area contributed by atoms with Crippen LogP contribution in [0.15, 0.2) is 4.90 Å². The summed E-state index contributed by atoms with van der Waals surface area (Å²) in [6.45, 7) is 10.8. The van der Waals surface area contributed by atoms with Gasteiger partial charge in [0.05, 0.1) is 0 Å². The van der Waals surface area contributed by atoms with Crippen LogP contribution >= 0.6 is 0 Å². The van der Waals surface area contributed by atoms with Gasteiger partial charge in [-0.05, 0) is 68.9 Å². The van der Waals surface area contributed by atoms with Crippen LogP contribution in [0, 0.1) is 34.6 Å².